The summed E-state index contributed by atoms with van der Waals surface area (Å²) in [5.41, 5.74) is 6.44. The summed E-state index contributed by atoms with van der Waals surface area (Å²) < 4.78 is 7.54. The van der Waals surface area contributed by atoms with E-state index in [0.29, 0.717) is 16.6 Å². The zero-order valence-electron chi connectivity index (χ0n) is 21.7. The highest BCUT2D eigenvalue weighted by Crippen LogP contribution is 2.28. The van der Waals surface area contributed by atoms with Crippen molar-refractivity contribution in [1.29, 1.82) is 0 Å². The Labute approximate surface area is 224 Å². The Morgan fingerprint density at radius 2 is 1.62 bits per heavy atom. The molecule has 2 aromatic heterocycles. The van der Waals surface area contributed by atoms with Gasteiger partial charge in [-0.2, -0.15) is 0 Å². The number of hydrogen-bond acceptors (Lipinski definition) is 6. The first kappa shape index (κ1) is 25.5. The Hall–Kier alpha value is -5.11. The van der Waals surface area contributed by atoms with Crippen molar-refractivity contribution in [3.63, 3.8) is 0 Å². The minimum absolute atomic E-state index is 0.0985. The number of pyridine rings is 1. The first-order valence-corrected chi connectivity index (χ1v) is 12.3. The maximum Gasteiger partial charge on any atom is 0.339 e. The number of aromatic nitrogens is 2. The molecule has 0 fully saturated rings. The van der Waals surface area contributed by atoms with Crippen molar-refractivity contribution >= 4 is 28.3 Å². The number of esters is 1. The SMILES string of the molecule is Cc1ccc2nc(-c3ccc(-n4c(C)ccc4C)cc3)cc(C(=O)OCC(=O)c3cccc([N+](=O)[O-])c3)c2c1. The van der Waals surface area contributed by atoms with Crippen LogP contribution in [0, 0.1) is 30.9 Å². The minimum Gasteiger partial charge on any atom is -0.454 e. The van der Waals surface area contributed by atoms with Gasteiger partial charge in [0.2, 0.25) is 5.78 Å². The van der Waals surface area contributed by atoms with Crippen molar-refractivity contribution in [2.24, 2.45) is 0 Å². The molecule has 194 valence electrons. The maximum atomic E-state index is 13.2. The minimum atomic E-state index is -0.678. The Morgan fingerprint density at radius 3 is 2.31 bits per heavy atom. The van der Waals surface area contributed by atoms with Crippen molar-refractivity contribution in [2.75, 3.05) is 6.61 Å². The van der Waals surface area contributed by atoms with Crippen molar-refractivity contribution in [3.05, 3.63) is 123 Å². The first-order chi connectivity index (χ1) is 18.7. The number of rotatable bonds is 7. The average Bonchev–Trinajstić information content (AvgIpc) is 3.28. The highest BCUT2D eigenvalue weighted by Gasteiger charge is 2.19. The third kappa shape index (κ3) is 5.17. The van der Waals surface area contributed by atoms with Crippen LogP contribution in [0.25, 0.3) is 27.8 Å². The Balaban J connectivity index is 1.45. The van der Waals surface area contributed by atoms with E-state index in [9.17, 15) is 19.7 Å². The largest absolute Gasteiger partial charge is 0.454 e. The number of carbonyl (C=O) groups is 2. The van der Waals surface area contributed by atoms with Crippen molar-refractivity contribution in [2.45, 2.75) is 20.8 Å². The molecule has 0 aliphatic carbocycles. The normalized spacial score (nSPS) is 10.9. The standard InChI is InChI=1S/C31H25N3O5/c1-19-7-14-28-26(15-19)27(31(36)39-18-30(35)23-5-4-6-25(16-23)34(37)38)17-29(32-28)22-10-12-24(13-11-22)33-20(2)8-9-21(33)3/h4-17H,18H2,1-3H3. The lowest BCUT2D eigenvalue weighted by atomic mass is 10.0. The summed E-state index contributed by atoms with van der Waals surface area (Å²) in [5, 5.41) is 11.7. The van der Waals surface area contributed by atoms with Crippen LogP contribution in [-0.2, 0) is 4.74 Å². The van der Waals surface area contributed by atoms with E-state index in [1.165, 1.54) is 24.3 Å². The van der Waals surface area contributed by atoms with Crippen LogP contribution in [0.1, 0.15) is 37.7 Å². The maximum absolute atomic E-state index is 13.2. The molecule has 0 spiro atoms. The fourth-order valence-electron chi connectivity index (χ4n) is 4.60. The molecule has 0 amide bonds. The van der Waals surface area contributed by atoms with E-state index in [1.807, 2.05) is 49.4 Å². The molecule has 0 saturated heterocycles. The van der Waals surface area contributed by atoms with Crippen molar-refractivity contribution in [3.8, 4) is 16.9 Å². The Morgan fingerprint density at radius 1 is 0.897 bits per heavy atom. The van der Waals surface area contributed by atoms with Crippen LogP contribution >= 0.6 is 0 Å². The number of aryl methyl sites for hydroxylation is 3. The number of nitro benzene ring substituents is 1. The molecule has 39 heavy (non-hydrogen) atoms. The van der Waals surface area contributed by atoms with Gasteiger partial charge >= 0.3 is 5.97 Å². The molecule has 0 radical (unpaired) electrons. The number of ether oxygens (including phenoxy) is 1. The molecule has 5 rings (SSSR count). The zero-order chi connectivity index (χ0) is 27.7. The molecule has 2 heterocycles. The lowest BCUT2D eigenvalue weighted by molar-refractivity contribution is -0.384. The summed E-state index contributed by atoms with van der Waals surface area (Å²) in [4.78, 5) is 41.1. The van der Waals surface area contributed by atoms with E-state index in [1.54, 1.807) is 6.07 Å². The smallest absolute Gasteiger partial charge is 0.339 e. The molecule has 0 unspecified atom stereocenters. The number of fused-ring (bicyclic) bond motifs is 1. The molecule has 0 N–H and O–H groups in total. The predicted octanol–water partition coefficient (Wildman–Crippen LogP) is 6.57. The lowest BCUT2D eigenvalue weighted by Crippen LogP contribution is -2.15. The molecular weight excluding hydrogens is 494 g/mol. The molecule has 8 heteroatoms. The summed E-state index contributed by atoms with van der Waals surface area (Å²) in [5.74, 6) is -1.21. The van der Waals surface area contributed by atoms with Gasteiger partial charge in [-0.15, -0.1) is 0 Å². The monoisotopic (exact) mass is 519 g/mol. The second-order valence-electron chi connectivity index (χ2n) is 9.38. The first-order valence-electron chi connectivity index (χ1n) is 12.3. The van der Waals surface area contributed by atoms with Gasteiger partial charge in [-0.3, -0.25) is 14.9 Å². The van der Waals surface area contributed by atoms with Gasteiger partial charge in [-0.1, -0.05) is 35.9 Å². The Bertz CT molecular complexity index is 1730. The van der Waals surface area contributed by atoms with Crippen molar-refractivity contribution in [1.82, 2.24) is 9.55 Å². The summed E-state index contributed by atoms with van der Waals surface area (Å²) in [6, 6.07) is 24.7. The molecule has 8 nitrogen and oxygen atoms in total. The average molecular weight is 520 g/mol. The number of nitrogens with zero attached hydrogens (tertiary/aromatic N) is 3. The van der Waals surface area contributed by atoms with Crippen LogP contribution in [-0.4, -0.2) is 32.8 Å². The van der Waals surface area contributed by atoms with Crippen molar-refractivity contribution < 1.29 is 19.2 Å². The van der Waals surface area contributed by atoms with Gasteiger partial charge in [-0.25, -0.2) is 9.78 Å². The van der Waals surface area contributed by atoms with Crippen LogP contribution in [0.5, 0.6) is 0 Å². The topological polar surface area (TPSA) is 104 Å². The third-order valence-corrected chi connectivity index (χ3v) is 6.59. The van der Waals surface area contributed by atoms with Gasteiger partial charge in [0, 0.05) is 45.7 Å². The molecule has 0 aliphatic rings. The van der Waals surface area contributed by atoms with E-state index in [-0.39, 0.29) is 16.8 Å². The number of nitro groups is 1. The second kappa shape index (κ2) is 10.3. The molecule has 3 aromatic carbocycles. The molecule has 0 bridgehead atoms. The highest BCUT2D eigenvalue weighted by atomic mass is 16.6. The second-order valence-corrected chi connectivity index (χ2v) is 9.38. The number of ketones is 1. The molecule has 0 atom stereocenters. The zero-order valence-corrected chi connectivity index (χ0v) is 21.7. The fraction of sp³-hybridized carbons (Fsp3) is 0.129. The van der Waals surface area contributed by atoms with Gasteiger partial charge < -0.3 is 9.30 Å². The number of non-ortho nitro benzene ring substituents is 1. The predicted molar refractivity (Wildman–Crippen MR) is 148 cm³/mol. The number of carbonyl (C=O) groups excluding carboxylic acids is 2. The van der Waals surface area contributed by atoms with Crippen LogP contribution < -0.4 is 0 Å². The van der Waals surface area contributed by atoms with E-state index in [2.05, 4.69) is 30.5 Å². The molecular formula is C31H25N3O5. The number of hydrogen-bond donors (Lipinski definition) is 0. The van der Waals surface area contributed by atoms with E-state index in [4.69, 9.17) is 9.72 Å². The lowest BCUT2D eigenvalue weighted by Gasteiger charge is -2.12. The molecule has 0 aliphatic heterocycles. The van der Waals surface area contributed by atoms with Gasteiger partial charge in [0.1, 0.15) is 0 Å². The summed E-state index contributed by atoms with van der Waals surface area (Å²) in [6.45, 7) is 5.47. The van der Waals surface area contributed by atoms with Crippen LogP contribution in [0.15, 0.2) is 84.9 Å². The van der Waals surface area contributed by atoms with Gasteiger partial charge in [0.05, 0.1) is 21.7 Å². The van der Waals surface area contributed by atoms with E-state index >= 15 is 0 Å². The fourth-order valence-corrected chi connectivity index (χ4v) is 4.60. The quantitative estimate of drug-likeness (QED) is 0.104. The van der Waals surface area contributed by atoms with E-state index in [0.717, 1.165) is 28.2 Å². The van der Waals surface area contributed by atoms with E-state index < -0.39 is 23.3 Å². The third-order valence-electron chi connectivity index (χ3n) is 6.59. The summed E-state index contributed by atoms with van der Waals surface area (Å²) in [6.07, 6.45) is 0. The van der Waals surface area contributed by atoms with Gasteiger partial charge in [0.25, 0.3) is 5.69 Å². The van der Waals surface area contributed by atoms with Gasteiger partial charge in [-0.05, 0) is 63.2 Å². The number of Topliss-reactive ketones (excluding diaryl/α,β-unsaturated/α-hetero) is 1. The molecule has 0 saturated carbocycles. The van der Waals surface area contributed by atoms with Crippen LogP contribution in [0.3, 0.4) is 0 Å². The summed E-state index contributed by atoms with van der Waals surface area (Å²) >= 11 is 0. The summed E-state index contributed by atoms with van der Waals surface area (Å²) in [7, 11) is 0. The van der Waals surface area contributed by atoms with Gasteiger partial charge in [0.15, 0.2) is 6.61 Å². The van der Waals surface area contributed by atoms with Crippen LogP contribution in [0.4, 0.5) is 5.69 Å². The Kier molecular flexibility index (Phi) is 6.77. The molecule has 5 aromatic rings. The highest BCUT2D eigenvalue weighted by molar-refractivity contribution is 6.06. The van der Waals surface area contributed by atoms with Crippen LogP contribution in [0.2, 0.25) is 0 Å². The number of benzene rings is 3.